The van der Waals surface area contributed by atoms with Gasteiger partial charge in [0.25, 0.3) is 0 Å². The van der Waals surface area contributed by atoms with Crippen molar-refractivity contribution in [1.82, 2.24) is 0 Å². The minimum Gasteiger partial charge on any atom is -0.298 e. The zero-order valence-electron chi connectivity index (χ0n) is 6.69. The van der Waals surface area contributed by atoms with Crippen LogP contribution in [-0.4, -0.2) is 11.1 Å². The van der Waals surface area contributed by atoms with Gasteiger partial charge < -0.3 is 0 Å². The summed E-state index contributed by atoms with van der Waals surface area (Å²) < 4.78 is 13.2. The third-order valence-corrected chi connectivity index (χ3v) is 2.77. The van der Waals surface area contributed by atoms with Crippen molar-refractivity contribution in [2.45, 2.75) is 6.42 Å². The number of benzene rings is 1. The Kier molecular flexibility index (Phi) is 4.06. The minimum absolute atomic E-state index is 0.0820. The number of hydrogen-bond acceptors (Lipinski definition) is 1. The summed E-state index contributed by atoms with van der Waals surface area (Å²) in [6.07, 6.45) is 0.337. The molecule has 1 aromatic rings. The molecule has 0 radical (unpaired) electrons. The van der Waals surface area contributed by atoms with Crippen LogP contribution in [0, 0.1) is 5.82 Å². The maximum Gasteiger partial charge on any atom is 0.147 e. The summed E-state index contributed by atoms with van der Waals surface area (Å²) in [7, 11) is 0. The van der Waals surface area contributed by atoms with Gasteiger partial charge in [0, 0.05) is 6.42 Å². The Hall–Kier alpha value is -0.220. The molecule has 1 nitrogen and oxygen atoms in total. The Morgan fingerprint density at radius 2 is 2.15 bits per heavy atom. The number of ketones is 1. The van der Waals surface area contributed by atoms with Crippen molar-refractivity contribution < 1.29 is 9.18 Å². The highest BCUT2D eigenvalue weighted by molar-refractivity contribution is 9.10. The van der Waals surface area contributed by atoms with Crippen molar-refractivity contribution in [1.29, 1.82) is 0 Å². The maximum absolute atomic E-state index is 12.8. The zero-order valence-corrected chi connectivity index (χ0v) is 9.86. The first kappa shape index (κ1) is 10.9. The topological polar surface area (TPSA) is 17.1 Å². The average Bonchev–Trinajstić information content (AvgIpc) is 2.11. The van der Waals surface area contributed by atoms with E-state index in [2.05, 4.69) is 31.9 Å². The summed E-state index contributed by atoms with van der Waals surface area (Å²) in [6, 6.07) is 4.58. The molecule has 0 heterocycles. The SMILES string of the molecule is O=C(CBr)Cc1ccc(F)c(Br)c1. The molecule has 0 aliphatic rings. The van der Waals surface area contributed by atoms with Gasteiger partial charge in [0.2, 0.25) is 0 Å². The van der Waals surface area contributed by atoms with Gasteiger partial charge in [0.05, 0.1) is 9.80 Å². The first-order valence-corrected chi connectivity index (χ1v) is 5.56. The number of rotatable bonds is 3. The van der Waals surface area contributed by atoms with E-state index in [4.69, 9.17) is 0 Å². The van der Waals surface area contributed by atoms with Gasteiger partial charge in [-0.2, -0.15) is 0 Å². The summed E-state index contributed by atoms with van der Waals surface area (Å²) in [6.45, 7) is 0. The second-order valence-electron chi connectivity index (χ2n) is 2.60. The lowest BCUT2D eigenvalue weighted by Crippen LogP contribution is -2.03. The maximum atomic E-state index is 12.8. The van der Waals surface area contributed by atoms with Crippen LogP contribution >= 0.6 is 31.9 Å². The molecule has 0 aliphatic carbocycles. The van der Waals surface area contributed by atoms with E-state index in [0.717, 1.165) is 5.56 Å². The first-order valence-electron chi connectivity index (χ1n) is 3.65. The van der Waals surface area contributed by atoms with Crippen molar-refractivity contribution in [2.24, 2.45) is 0 Å². The number of halogens is 3. The van der Waals surface area contributed by atoms with Crippen molar-refractivity contribution in [3.8, 4) is 0 Å². The molecule has 0 aromatic heterocycles. The molecule has 1 rings (SSSR count). The quantitative estimate of drug-likeness (QED) is 0.784. The average molecular weight is 310 g/mol. The van der Waals surface area contributed by atoms with E-state index in [9.17, 15) is 9.18 Å². The van der Waals surface area contributed by atoms with Crippen LogP contribution in [0.2, 0.25) is 0 Å². The van der Waals surface area contributed by atoms with E-state index in [-0.39, 0.29) is 11.6 Å². The largest absolute Gasteiger partial charge is 0.298 e. The second-order valence-corrected chi connectivity index (χ2v) is 4.01. The summed E-state index contributed by atoms with van der Waals surface area (Å²) in [5, 5.41) is 0.335. The van der Waals surface area contributed by atoms with E-state index in [1.54, 1.807) is 12.1 Å². The lowest BCUT2D eigenvalue weighted by Gasteiger charge is -2.00. The monoisotopic (exact) mass is 308 g/mol. The highest BCUT2D eigenvalue weighted by atomic mass is 79.9. The molecule has 13 heavy (non-hydrogen) atoms. The molecule has 0 N–H and O–H groups in total. The lowest BCUT2D eigenvalue weighted by atomic mass is 10.1. The molecular weight excluding hydrogens is 303 g/mol. The standard InChI is InChI=1S/C9H7Br2FO/c10-5-7(13)3-6-1-2-9(12)8(11)4-6/h1-2,4H,3,5H2. The normalized spacial score (nSPS) is 10.1. The van der Waals surface area contributed by atoms with Crippen LogP contribution in [0.5, 0.6) is 0 Å². The Bertz CT molecular complexity index is 325. The molecule has 0 atom stereocenters. The molecule has 1 aromatic carbocycles. The molecule has 0 unspecified atom stereocenters. The Morgan fingerprint density at radius 3 is 2.69 bits per heavy atom. The van der Waals surface area contributed by atoms with Crippen LogP contribution in [0.3, 0.4) is 0 Å². The summed E-state index contributed by atoms with van der Waals surface area (Å²) >= 11 is 6.13. The summed E-state index contributed by atoms with van der Waals surface area (Å²) in [5.41, 5.74) is 0.817. The van der Waals surface area contributed by atoms with Gasteiger partial charge in [0.15, 0.2) is 0 Å². The van der Waals surface area contributed by atoms with E-state index in [1.165, 1.54) is 6.07 Å². The third kappa shape index (κ3) is 3.19. The van der Waals surface area contributed by atoms with Crippen molar-refractivity contribution in [2.75, 3.05) is 5.33 Å². The van der Waals surface area contributed by atoms with Gasteiger partial charge in [-0.05, 0) is 33.6 Å². The van der Waals surface area contributed by atoms with Crippen molar-refractivity contribution in [3.05, 3.63) is 34.1 Å². The van der Waals surface area contributed by atoms with Gasteiger partial charge in [-0.15, -0.1) is 0 Å². The number of Topliss-reactive ketones (excluding diaryl/α,β-unsaturated/α-hetero) is 1. The smallest absolute Gasteiger partial charge is 0.147 e. The molecule has 70 valence electrons. The van der Waals surface area contributed by atoms with Crippen LogP contribution < -0.4 is 0 Å². The lowest BCUT2D eigenvalue weighted by molar-refractivity contribution is -0.115. The summed E-state index contributed by atoms with van der Waals surface area (Å²) in [4.78, 5) is 11.0. The first-order chi connectivity index (χ1) is 6.13. The Balaban J connectivity index is 2.79. The predicted octanol–water partition coefficient (Wildman–Crippen LogP) is 3.09. The highest BCUT2D eigenvalue weighted by Crippen LogP contribution is 2.17. The van der Waals surface area contributed by atoms with Crippen LogP contribution in [0.1, 0.15) is 5.56 Å². The van der Waals surface area contributed by atoms with Crippen molar-refractivity contribution in [3.63, 3.8) is 0 Å². The zero-order chi connectivity index (χ0) is 9.84. The van der Waals surface area contributed by atoms with Gasteiger partial charge in [-0.1, -0.05) is 22.0 Å². The third-order valence-electron chi connectivity index (χ3n) is 1.53. The molecule has 0 fully saturated rings. The van der Waals surface area contributed by atoms with Crippen LogP contribution in [-0.2, 0) is 11.2 Å². The van der Waals surface area contributed by atoms with Gasteiger partial charge >= 0.3 is 0 Å². The Morgan fingerprint density at radius 1 is 1.46 bits per heavy atom. The van der Waals surface area contributed by atoms with Gasteiger partial charge in [-0.3, -0.25) is 4.79 Å². The fourth-order valence-electron chi connectivity index (χ4n) is 0.925. The van der Waals surface area contributed by atoms with E-state index >= 15 is 0 Å². The van der Waals surface area contributed by atoms with E-state index < -0.39 is 0 Å². The van der Waals surface area contributed by atoms with Gasteiger partial charge in [-0.25, -0.2) is 4.39 Å². The van der Waals surface area contributed by atoms with Gasteiger partial charge in [0.1, 0.15) is 11.6 Å². The number of carbonyl (C=O) groups is 1. The summed E-state index contributed by atoms with van der Waals surface area (Å²) in [5.74, 6) is -0.228. The van der Waals surface area contributed by atoms with Crippen molar-refractivity contribution >= 4 is 37.6 Å². The molecule has 0 bridgehead atoms. The van der Waals surface area contributed by atoms with Crippen LogP contribution in [0.25, 0.3) is 0 Å². The fourth-order valence-corrected chi connectivity index (χ4v) is 1.55. The number of carbonyl (C=O) groups excluding carboxylic acids is 1. The molecule has 0 saturated carbocycles. The fraction of sp³-hybridized carbons (Fsp3) is 0.222. The molecule has 0 amide bonds. The van der Waals surface area contributed by atoms with Crippen LogP contribution in [0.4, 0.5) is 4.39 Å². The Labute approximate surface area is 92.6 Å². The minimum atomic E-state index is -0.310. The molecule has 0 spiro atoms. The highest BCUT2D eigenvalue weighted by Gasteiger charge is 2.04. The molecule has 0 aliphatic heterocycles. The van der Waals surface area contributed by atoms with E-state index in [1.807, 2.05) is 0 Å². The second kappa shape index (κ2) is 4.86. The van der Waals surface area contributed by atoms with Crippen LogP contribution in [0.15, 0.2) is 22.7 Å². The number of alkyl halides is 1. The molecule has 0 saturated heterocycles. The predicted molar refractivity (Wildman–Crippen MR) is 56.6 cm³/mol. The molecule has 4 heteroatoms. The molecular formula is C9H7Br2FO. The number of hydrogen-bond donors (Lipinski definition) is 0. The van der Waals surface area contributed by atoms with E-state index in [0.29, 0.717) is 16.2 Å².